The maximum atomic E-state index is 10.8. The van der Waals surface area contributed by atoms with Gasteiger partial charge in [-0.15, -0.1) is 0 Å². The van der Waals surface area contributed by atoms with E-state index in [9.17, 15) is 4.79 Å². The summed E-state index contributed by atoms with van der Waals surface area (Å²) in [6.45, 7) is 2.44. The number of rotatable bonds is 6. The van der Waals surface area contributed by atoms with Gasteiger partial charge in [0.2, 0.25) is 0 Å². The number of hydrogen-bond donors (Lipinski definition) is 1. The first-order valence-electron chi connectivity index (χ1n) is 4.84. The van der Waals surface area contributed by atoms with E-state index in [0.717, 1.165) is 12.2 Å². The molecule has 1 rings (SSSR count). The number of aryl methyl sites for hydroxylation is 1. The standard InChI is InChI=1S/C10H14N2O3S/c1-7-6-8(9(13)14)12-10(11-7)16-5-3-4-15-2/h6H,3-5H2,1-2H3,(H,13,14). The second kappa shape index (κ2) is 6.44. The SMILES string of the molecule is COCCCSc1nc(C)cc(C(=O)O)n1. The Labute approximate surface area is 98.3 Å². The molecule has 0 bridgehead atoms. The molecule has 0 radical (unpaired) electrons. The third-order valence-corrected chi connectivity index (χ3v) is 2.71. The summed E-state index contributed by atoms with van der Waals surface area (Å²) in [4.78, 5) is 18.9. The first-order valence-corrected chi connectivity index (χ1v) is 5.82. The van der Waals surface area contributed by atoms with Gasteiger partial charge >= 0.3 is 5.97 Å². The van der Waals surface area contributed by atoms with E-state index >= 15 is 0 Å². The molecule has 1 N–H and O–H groups in total. The molecule has 5 nitrogen and oxygen atoms in total. The molecular formula is C10H14N2O3S. The van der Waals surface area contributed by atoms with E-state index in [-0.39, 0.29) is 5.69 Å². The van der Waals surface area contributed by atoms with E-state index in [1.165, 1.54) is 17.8 Å². The van der Waals surface area contributed by atoms with Crippen LogP contribution in [-0.2, 0) is 4.74 Å². The Morgan fingerprint density at radius 2 is 2.31 bits per heavy atom. The third-order valence-electron chi connectivity index (χ3n) is 1.78. The Morgan fingerprint density at radius 1 is 1.56 bits per heavy atom. The van der Waals surface area contributed by atoms with Crippen LogP contribution in [0.3, 0.4) is 0 Å². The predicted molar refractivity (Wildman–Crippen MR) is 60.9 cm³/mol. The molecule has 0 unspecified atom stereocenters. The highest BCUT2D eigenvalue weighted by Gasteiger charge is 2.08. The Hall–Kier alpha value is -1.14. The minimum absolute atomic E-state index is 0.0433. The number of carboxylic acid groups (broad SMARTS) is 1. The van der Waals surface area contributed by atoms with Gasteiger partial charge < -0.3 is 9.84 Å². The van der Waals surface area contributed by atoms with Crippen molar-refractivity contribution in [3.63, 3.8) is 0 Å². The summed E-state index contributed by atoms with van der Waals surface area (Å²) >= 11 is 1.44. The van der Waals surface area contributed by atoms with Crippen LogP contribution in [0.15, 0.2) is 11.2 Å². The lowest BCUT2D eigenvalue weighted by Gasteiger charge is -2.02. The molecule has 88 valence electrons. The molecule has 6 heteroatoms. The number of ether oxygens (including phenoxy) is 1. The Morgan fingerprint density at radius 3 is 2.94 bits per heavy atom. The molecule has 1 aromatic heterocycles. The molecule has 16 heavy (non-hydrogen) atoms. The molecule has 0 saturated carbocycles. The van der Waals surface area contributed by atoms with Crippen LogP contribution in [0.25, 0.3) is 0 Å². The number of carbonyl (C=O) groups is 1. The van der Waals surface area contributed by atoms with Crippen LogP contribution in [0.1, 0.15) is 22.6 Å². The van der Waals surface area contributed by atoms with E-state index in [0.29, 0.717) is 17.5 Å². The lowest BCUT2D eigenvalue weighted by molar-refractivity contribution is 0.0689. The van der Waals surface area contributed by atoms with Crippen LogP contribution in [0.2, 0.25) is 0 Å². The van der Waals surface area contributed by atoms with Crippen molar-refractivity contribution in [2.45, 2.75) is 18.5 Å². The summed E-state index contributed by atoms with van der Waals surface area (Å²) in [6, 6.07) is 1.46. The van der Waals surface area contributed by atoms with Gasteiger partial charge in [0.1, 0.15) is 0 Å². The number of methoxy groups -OCH3 is 1. The molecular weight excluding hydrogens is 228 g/mol. The van der Waals surface area contributed by atoms with E-state index in [2.05, 4.69) is 9.97 Å². The number of aromatic nitrogens is 2. The molecule has 0 atom stereocenters. The first kappa shape index (κ1) is 12.9. The van der Waals surface area contributed by atoms with Crippen LogP contribution in [-0.4, -0.2) is 40.5 Å². The van der Waals surface area contributed by atoms with Gasteiger partial charge in [-0.1, -0.05) is 11.8 Å². The Balaban J connectivity index is 2.62. The third kappa shape index (κ3) is 4.16. The number of thioether (sulfide) groups is 1. The van der Waals surface area contributed by atoms with Crippen molar-refractivity contribution in [1.29, 1.82) is 0 Å². The van der Waals surface area contributed by atoms with Crippen LogP contribution < -0.4 is 0 Å². The van der Waals surface area contributed by atoms with Gasteiger partial charge in [-0.2, -0.15) is 0 Å². The highest BCUT2D eigenvalue weighted by Crippen LogP contribution is 2.15. The molecule has 1 heterocycles. The molecule has 0 spiro atoms. The predicted octanol–water partition coefficient (Wildman–Crippen LogP) is 1.61. The smallest absolute Gasteiger partial charge is 0.354 e. The van der Waals surface area contributed by atoms with Gasteiger partial charge in [0.05, 0.1) is 0 Å². The summed E-state index contributed by atoms with van der Waals surface area (Å²) < 4.78 is 4.92. The maximum Gasteiger partial charge on any atom is 0.354 e. The fourth-order valence-electron chi connectivity index (χ4n) is 1.08. The van der Waals surface area contributed by atoms with Crippen molar-refractivity contribution >= 4 is 17.7 Å². The molecule has 0 saturated heterocycles. The fraction of sp³-hybridized carbons (Fsp3) is 0.500. The zero-order valence-corrected chi connectivity index (χ0v) is 10.1. The first-order chi connectivity index (χ1) is 7.63. The second-order valence-electron chi connectivity index (χ2n) is 3.18. The average molecular weight is 242 g/mol. The van der Waals surface area contributed by atoms with Crippen molar-refractivity contribution in [1.82, 2.24) is 9.97 Å². The van der Waals surface area contributed by atoms with Crippen molar-refractivity contribution in [3.8, 4) is 0 Å². The summed E-state index contributed by atoms with van der Waals surface area (Å²) in [5.41, 5.74) is 0.711. The largest absolute Gasteiger partial charge is 0.477 e. The minimum Gasteiger partial charge on any atom is -0.477 e. The lowest BCUT2D eigenvalue weighted by Crippen LogP contribution is -2.04. The van der Waals surface area contributed by atoms with Crippen LogP contribution >= 0.6 is 11.8 Å². The summed E-state index contributed by atoms with van der Waals surface area (Å²) in [7, 11) is 1.65. The summed E-state index contributed by atoms with van der Waals surface area (Å²) in [6.07, 6.45) is 0.890. The van der Waals surface area contributed by atoms with Gasteiger partial charge in [-0.3, -0.25) is 0 Å². The number of nitrogens with zero attached hydrogens (tertiary/aromatic N) is 2. The normalized spacial score (nSPS) is 10.4. The highest BCUT2D eigenvalue weighted by atomic mass is 32.2. The summed E-state index contributed by atoms with van der Waals surface area (Å²) in [5.74, 6) is -0.208. The van der Waals surface area contributed by atoms with Crippen LogP contribution in [0, 0.1) is 6.92 Å². The second-order valence-corrected chi connectivity index (χ2v) is 4.24. The molecule has 0 aromatic carbocycles. The number of aromatic carboxylic acids is 1. The lowest BCUT2D eigenvalue weighted by atomic mass is 10.3. The van der Waals surface area contributed by atoms with E-state index < -0.39 is 5.97 Å². The van der Waals surface area contributed by atoms with E-state index in [1.807, 2.05) is 0 Å². The summed E-state index contributed by atoms with van der Waals surface area (Å²) in [5, 5.41) is 9.33. The highest BCUT2D eigenvalue weighted by molar-refractivity contribution is 7.99. The van der Waals surface area contributed by atoms with E-state index in [4.69, 9.17) is 9.84 Å². The van der Waals surface area contributed by atoms with Crippen LogP contribution in [0.4, 0.5) is 0 Å². The Kier molecular flexibility index (Phi) is 5.21. The Bertz CT molecular complexity index is 371. The molecule has 0 fully saturated rings. The van der Waals surface area contributed by atoms with Gasteiger partial charge in [-0.05, 0) is 19.4 Å². The van der Waals surface area contributed by atoms with Crippen molar-refractivity contribution < 1.29 is 14.6 Å². The van der Waals surface area contributed by atoms with Crippen LogP contribution in [0.5, 0.6) is 0 Å². The van der Waals surface area contributed by atoms with Gasteiger partial charge in [-0.25, -0.2) is 14.8 Å². The molecule has 0 aliphatic heterocycles. The average Bonchev–Trinajstić information content (AvgIpc) is 2.23. The maximum absolute atomic E-state index is 10.8. The molecule has 0 aliphatic rings. The molecule has 0 aliphatic carbocycles. The van der Waals surface area contributed by atoms with Gasteiger partial charge in [0.15, 0.2) is 10.9 Å². The zero-order valence-electron chi connectivity index (χ0n) is 9.27. The van der Waals surface area contributed by atoms with E-state index in [1.54, 1.807) is 14.0 Å². The van der Waals surface area contributed by atoms with Gasteiger partial charge in [0.25, 0.3) is 0 Å². The zero-order chi connectivity index (χ0) is 12.0. The van der Waals surface area contributed by atoms with Crippen molar-refractivity contribution in [2.24, 2.45) is 0 Å². The molecule has 1 aromatic rings. The number of carboxylic acids is 1. The monoisotopic (exact) mass is 242 g/mol. The van der Waals surface area contributed by atoms with Crippen molar-refractivity contribution in [2.75, 3.05) is 19.5 Å². The topological polar surface area (TPSA) is 72.3 Å². The fourth-order valence-corrected chi connectivity index (χ4v) is 1.90. The van der Waals surface area contributed by atoms with Gasteiger partial charge in [0, 0.05) is 25.2 Å². The molecule has 0 amide bonds. The van der Waals surface area contributed by atoms with Crippen molar-refractivity contribution in [3.05, 3.63) is 17.5 Å². The minimum atomic E-state index is -1.02. The number of hydrogen-bond acceptors (Lipinski definition) is 5. The quantitative estimate of drug-likeness (QED) is 0.464.